The van der Waals surface area contributed by atoms with Gasteiger partial charge >= 0.3 is 0 Å². The lowest BCUT2D eigenvalue weighted by molar-refractivity contribution is -0.118. The van der Waals surface area contributed by atoms with E-state index in [-0.39, 0.29) is 28.8 Å². The van der Waals surface area contributed by atoms with Crippen LogP contribution in [0.15, 0.2) is 57.5 Å². The number of carbonyl (C=O) groups is 2. The minimum Gasteiger partial charge on any atom is -0.459 e. The fraction of sp³-hybridized carbons (Fsp3) is 0.188. The van der Waals surface area contributed by atoms with E-state index in [9.17, 15) is 9.59 Å². The van der Waals surface area contributed by atoms with Crippen LogP contribution in [0.25, 0.3) is 0 Å². The molecule has 1 aliphatic rings. The monoisotopic (exact) mass is 362 g/mol. The molecule has 0 fully saturated rings. The summed E-state index contributed by atoms with van der Waals surface area (Å²) in [4.78, 5) is 23.7. The van der Waals surface area contributed by atoms with Crippen molar-refractivity contribution in [1.82, 2.24) is 5.32 Å². The molecule has 24 heavy (non-hydrogen) atoms. The maximum Gasteiger partial charge on any atom is 0.266 e. The number of furan rings is 1. The molecule has 1 aliphatic heterocycles. The van der Waals surface area contributed by atoms with Crippen molar-refractivity contribution in [3.63, 3.8) is 0 Å². The minimum atomic E-state index is -0.305. The first-order valence-electron chi connectivity index (χ1n) is 7.13. The van der Waals surface area contributed by atoms with E-state index < -0.39 is 0 Å². The lowest BCUT2D eigenvalue weighted by Gasteiger charge is -2.09. The van der Waals surface area contributed by atoms with Gasteiger partial charge in [0.15, 0.2) is 11.5 Å². The molecule has 1 unspecified atom stereocenters. The van der Waals surface area contributed by atoms with Crippen LogP contribution < -0.4 is 5.32 Å². The fourth-order valence-corrected chi connectivity index (χ4v) is 3.47. The minimum absolute atomic E-state index is 0.0176. The van der Waals surface area contributed by atoms with E-state index in [0.29, 0.717) is 17.2 Å². The summed E-state index contributed by atoms with van der Waals surface area (Å²) in [5.74, 6) is 0.815. The Morgan fingerprint density at radius 1 is 1.21 bits per heavy atom. The highest BCUT2D eigenvalue weighted by molar-refractivity contribution is 8.16. The zero-order valence-corrected chi connectivity index (χ0v) is 14.1. The Kier molecular flexibility index (Phi) is 5.60. The van der Waals surface area contributed by atoms with Gasteiger partial charge in [0, 0.05) is 17.5 Å². The number of benzene rings is 1. The van der Waals surface area contributed by atoms with Crippen molar-refractivity contribution in [1.29, 1.82) is 0 Å². The van der Waals surface area contributed by atoms with Gasteiger partial charge in [0.1, 0.15) is 0 Å². The number of nitrogens with zero attached hydrogens (tertiary/aromatic N) is 1. The summed E-state index contributed by atoms with van der Waals surface area (Å²) >= 11 is 2.54. The van der Waals surface area contributed by atoms with E-state index in [1.54, 1.807) is 42.7 Å². The summed E-state index contributed by atoms with van der Waals surface area (Å²) in [5, 5.41) is 2.61. The fourth-order valence-electron chi connectivity index (χ4n) is 1.89. The predicted octanol–water partition coefficient (Wildman–Crippen LogP) is 2.72. The van der Waals surface area contributed by atoms with Gasteiger partial charge in [0.2, 0.25) is 10.7 Å². The van der Waals surface area contributed by atoms with Crippen LogP contribution in [0.1, 0.15) is 16.1 Å². The van der Waals surface area contributed by atoms with Crippen molar-refractivity contribution in [3.05, 3.63) is 60.1 Å². The molecule has 3 rings (SSSR count). The quantitative estimate of drug-likeness (QED) is 0.602. The number of rotatable bonds is 7. The summed E-state index contributed by atoms with van der Waals surface area (Å²) in [6, 6.07) is 12.4. The molecule has 0 saturated heterocycles. The molecule has 0 aliphatic carbocycles. The van der Waals surface area contributed by atoms with Gasteiger partial charge in [0.25, 0.3) is 5.90 Å². The second-order valence-electron chi connectivity index (χ2n) is 4.76. The summed E-state index contributed by atoms with van der Waals surface area (Å²) in [6.07, 6.45) is 1.55. The van der Waals surface area contributed by atoms with E-state index in [2.05, 4.69) is 9.71 Å². The smallest absolute Gasteiger partial charge is 0.266 e. The van der Waals surface area contributed by atoms with Gasteiger partial charge in [-0.05, 0) is 12.1 Å². The maximum atomic E-state index is 11.9. The van der Waals surface area contributed by atoms with Crippen molar-refractivity contribution in [3.8, 4) is 0 Å². The molecular weight excluding hydrogens is 348 g/mol. The first-order valence-corrected chi connectivity index (χ1v) is 9.02. The summed E-state index contributed by atoms with van der Waals surface area (Å²) < 4.78 is 14.6. The van der Waals surface area contributed by atoms with E-state index in [1.165, 1.54) is 23.7 Å². The number of amides is 1. The topological polar surface area (TPSA) is 80.9 Å². The van der Waals surface area contributed by atoms with Crippen molar-refractivity contribution in [2.45, 2.75) is 4.77 Å². The molecule has 1 N–H and O–H groups in total. The molecule has 1 amide bonds. The van der Waals surface area contributed by atoms with E-state index in [4.69, 9.17) is 9.15 Å². The van der Waals surface area contributed by atoms with Crippen molar-refractivity contribution in [2.24, 2.45) is 4.40 Å². The SMILES string of the molecule is O=C(CSC1OC(c2ccco2)=NS1)NCC(=O)c1ccccc1. The van der Waals surface area contributed by atoms with Crippen LogP contribution >= 0.6 is 23.7 Å². The van der Waals surface area contributed by atoms with Crippen LogP contribution in [0, 0.1) is 0 Å². The third kappa shape index (κ3) is 4.42. The molecular formula is C16H14N2O4S2. The number of thioether (sulfide) groups is 1. The lowest BCUT2D eigenvalue weighted by atomic mass is 10.1. The summed E-state index contributed by atoms with van der Waals surface area (Å²) in [5.41, 5.74) is 0.580. The molecule has 6 nitrogen and oxygen atoms in total. The number of carbonyl (C=O) groups excluding carboxylic acids is 2. The third-order valence-corrected chi connectivity index (χ3v) is 5.06. The zero-order valence-electron chi connectivity index (χ0n) is 12.5. The van der Waals surface area contributed by atoms with Crippen molar-refractivity contribution < 1.29 is 18.7 Å². The standard InChI is InChI=1S/C16H14N2O4S2/c19-12(11-5-2-1-3-6-11)9-17-14(20)10-23-16-22-15(18-24-16)13-7-4-8-21-13/h1-8,16H,9-10H2,(H,17,20). The Hall–Kier alpha value is -2.19. The Morgan fingerprint density at radius 2 is 2.04 bits per heavy atom. The molecule has 0 radical (unpaired) electrons. The highest BCUT2D eigenvalue weighted by Crippen LogP contribution is 2.33. The third-order valence-electron chi connectivity index (χ3n) is 3.05. The number of ketones is 1. The van der Waals surface area contributed by atoms with Gasteiger partial charge in [-0.1, -0.05) is 42.1 Å². The Balaban J connectivity index is 1.37. The van der Waals surface area contributed by atoms with Crippen LogP contribution in [0.2, 0.25) is 0 Å². The van der Waals surface area contributed by atoms with E-state index in [1.807, 2.05) is 6.07 Å². The number of hydrogen-bond donors (Lipinski definition) is 1. The first kappa shape index (κ1) is 16.7. The Bertz CT molecular complexity index is 732. The number of nitrogens with one attached hydrogen (secondary N) is 1. The largest absolute Gasteiger partial charge is 0.459 e. The highest BCUT2D eigenvalue weighted by Gasteiger charge is 2.25. The number of hydrogen-bond acceptors (Lipinski definition) is 7. The van der Waals surface area contributed by atoms with Crippen LogP contribution in [0.4, 0.5) is 0 Å². The van der Waals surface area contributed by atoms with Gasteiger partial charge in [0.05, 0.1) is 18.6 Å². The predicted molar refractivity (Wildman–Crippen MR) is 93.9 cm³/mol. The van der Waals surface area contributed by atoms with Crippen LogP contribution in [-0.4, -0.2) is 34.7 Å². The molecule has 0 spiro atoms. The van der Waals surface area contributed by atoms with Crippen molar-refractivity contribution in [2.75, 3.05) is 12.3 Å². The van der Waals surface area contributed by atoms with Crippen LogP contribution in [0.3, 0.4) is 0 Å². The first-order chi connectivity index (χ1) is 11.7. The molecule has 124 valence electrons. The second kappa shape index (κ2) is 8.07. The Morgan fingerprint density at radius 3 is 2.79 bits per heavy atom. The maximum absolute atomic E-state index is 11.9. The molecule has 2 aromatic rings. The molecule has 8 heteroatoms. The van der Waals surface area contributed by atoms with Crippen LogP contribution in [-0.2, 0) is 9.53 Å². The normalized spacial score (nSPS) is 16.3. The number of Topliss-reactive ketones (excluding diaryl/α,β-unsaturated/α-hetero) is 1. The van der Waals surface area contributed by atoms with Gasteiger partial charge < -0.3 is 14.5 Å². The lowest BCUT2D eigenvalue weighted by Crippen LogP contribution is -2.31. The van der Waals surface area contributed by atoms with Gasteiger partial charge in [-0.15, -0.1) is 0 Å². The van der Waals surface area contributed by atoms with Gasteiger partial charge in [-0.3, -0.25) is 9.59 Å². The number of ether oxygens (including phenoxy) is 1. The summed E-state index contributed by atoms with van der Waals surface area (Å²) in [7, 11) is 0. The molecule has 0 bridgehead atoms. The van der Waals surface area contributed by atoms with Crippen LogP contribution in [0.5, 0.6) is 0 Å². The van der Waals surface area contributed by atoms with Gasteiger partial charge in [-0.2, -0.15) is 4.40 Å². The van der Waals surface area contributed by atoms with E-state index in [0.717, 1.165) is 0 Å². The molecule has 2 heterocycles. The molecule has 1 aromatic heterocycles. The molecule has 0 saturated carbocycles. The average Bonchev–Trinajstić information content (AvgIpc) is 3.29. The molecule has 1 aromatic carbocycles. The summed E-state index contributed by atoms with van der Waals surface area (Å²) in [6.45, 7) is -0.0176. The van der Waals surface area contributed by atoms with E-state index >= 15 is 0 Å². The van der Waals surface area contributed by atoms with Gasteiger partial charge in [-0.25, -0.2) is 0 Å². The molecule has 1 atom stereocenters. The zero-order chi connectivity index (χ0) is 16.8. The van der Waals surface area contributed by atoms with Crippen molar-refractivity contribution >= 4 is 41.3 Å². The second-order valence-corrected chi connectivity index (χ2v) is 6.93. The average molecular weight is 362 g/mol. The highest BCUT2D eigenvalue weighted by atomic mass is 32.2. The Labute approximate surface area is 147 Å².